The summed E-state index contributed by atoms with van der Waals surface area (Å²) in [7, 11) is 1.79. The van der Waals surface area contributed by atoms with Gasteiger partial charge >= 0.3 is 0 Å². The van der Waals surface area contributed by atoms with E-state index in [0.29, 0.717) is 0 Å². The van der Waals surface area contributed by atoms with E-state index in [2.05, 4.69) is 74.2 Å². The van der Waals surface area contributed by atoms with Crippen LogP contribution in [0.4, 0.5) is 0 Å². The van der Waals surface area contributed by atoms with Gasteiger partial charge in [0, 0.05) is 28.3 Å². The van der Waals surface area contributed by atoms with Gasteiger partial charge in [0.15, 0.2) is 5.96 Å². The molecule has 0 amide bonds. The van der Waals surface area contributed by atoms with E-state index in [0.717, 1.165) is 23.5 Å². The molecule has 21 heavy (non-hydrogen) atoms. The van der Waals surface area contributed by atoms with Gasteiger partial charge in [-0.1, -0.05) is 29.8 Å². The molecule has 0 bridgehead atoms. The van der Waals surface area contributed by atoms with Crippen molar-refractivity contribution >= 4 is 57.2 Å². The summed E-state index contributed by atoms with van der Waals surface area (Å²) in [5.41, 5.74) is 2.52. The zero-order chi connectivity index (χ0) is 14.4. The fourth-order valence-electron chi connectivity index (χ4n) is 1.73. The summed E-state index contributed by atoms with van der Waals surface area (Å²) in [5, 5.41) is 8.71. The standard InChI is InChI=1S/C15H18BrN3S.HI/c1-11-3-5-12(6-4-11)8-18-15(17-2)19-9-14-7-13(16)10-20-14;/h3-7,10H,8-9H2,1-2H3,(H2,17,18,19);1H. The van der Waals surface area contributed by atoms with Gasteiger partial charge in [-0.2, -0.15) is 0 Å². The molecule has 0 fully saturated rings. The molecule has 6 heteroatoms. The molecule has 2 rings (SSSR count). The van der Waals surface area contributed by atoms with Gasteiger partial charge in [-0.15, -0.1) is 35.3 Å². The Balaban J connectivity index is 0.00000220. The van der Waals surface area contributed by atoms with E-state index in [-0.39, 0.29) is 24.0 Å². The summed E-state index contributed by atoms with van der Waals surface area (Å²) in [4.78, 5) is 5.50. The quantitative estimate of drug-likeness (QED) is 0.389. The SMILES string of the molecule is CN=C(NCc1ccc(C)cc1)NCc1cc(Br)cs1.I. The number of nitrogens with zero attached hydrogens (tertiary/aromatic N) is 1. The lowest BCUT2D eigenvalue weighted by Gasteiger charge is -2.11. The van der Waals surface area contributed by atoms with Crippen LogP contribution in [-0.4, -0.2) is 13.0 Å². The number of benzene rings is 1. The molecule has 0 saturated carbocycles. The fraction of sp³-hybridized carbons (Fsp3) is 0.267. The normalized spacial score (nSPS) is 10.9. The Labute approximate surface area is 155 Å². The summed E-state index contributed by atoms with van der Waals surface area (Å²) < 4.78 is 1.13. The van der Waals surface area contributed by atoms with Gasteiger partial charge in [0.2, 0.25) is 0 Å². The lowest BCUT2D eigenvalue weighted by Crippen LogP contribution is -2.36. The Bertz CT molecular complexity index is 581. The van der Waals surface area contributed by atoms with Crippen LogP contribution in [-0.2, 0) is 13.1 Å². The molecule has 1 aromatic heterocycles. The molecule has 2 N–H and O–H groups in total. The number of guanidine groups is 1. The van der Waals surface area contributed by atoms with E-state index in [4.69, 9.17) is 0 Å². The third-order valence-corrected chi connectivity index (χ3v) is 4.55. The Morgan fingerprint density at radius 2 is 1.86 bits per heavy atom. The number of aryl methyl sites for hydroxylation is 1. The number of aliphatic imine (C=N–C) groups is 1. The number of halogens is 2. The summed E-state index contributed by atoms with van der Waals surface area (Å²) in [6.45, 7) is 3.65. The monoisotopic (exact) mass is 479 g/mol. The number of nitrogens with one attached hydrogen (secondary N) is 2. The van der Waals surface area contributed by atoms with Crippen molar-refractivity contribution in [3.63, 3.8) is 0 Å². The number of rotatable bonds is 4. The predicted octanol–water partition coefficient (Wildman–Crippen LogP) is 4.30. The Morgan fingerprint density at radius 1 is 1.19 bits per heavy atom. The fourth-order valence-corrected chi connectivity index (χ4v) is 3.12. The van der Waals surface area contributed by atoms with Crippen LogP contribution < -0.4 is 10.6 Å². The average Bonchev–Trinajstić information content (AvgIpc) is 2.87. The first-order valence-corrected chi connectivity index (χ1v) is 8.07. The Kier molecular flexibility index (Phi) is 8.28. The molecule has 0 atom stereocenters. The van der Waals surface area contributed by atoms with E-state index in [9.17, 15) is 0 Å². The van der Waals surface area contributed by atoms with Crippen LogP contribution in [0.2, 0.25) is 0 Å². The molecule has 114 valence electrons. The van der Waals surface area contributed by atoms with Gasteiger partial charge in [0.25, 0.3) is 0 Å². The molecule has 1 heterocycles. The van der Waals surface area contributed by atoms with Crippen molar-refractivity contribution in [3.8, 4) is 0 Å². The first-order valence-electron chi connectivity index (χ1n) is 6.40. The molecule has 0 aliphatic carbocycles. The second-order valence-corrected chi connectivity index (χ2v) is 6.41. The van der Waals surface area contributed by atoms with Crippen molar-refractivity contribution in [1.29, 1.82) is 0 Å². The van der Waals surface area contributed by atoms with E-state index in [1.54, 1.807) is 18.4 Å². The van der Waals surface area contributed by atoms with Gasteiger partial charge in [-0.25, -0.2) is 0 Å². The highest BCUT2D eigenvalue weighted by atomic mass is 127. The number of hydrogen-bond donors (Lipinski definition) is 2. The number of thiophene rings is 1. The molecule has 0 aliphatic heterocycles. The highest BCUT2D eigenvalue weighted by Crippen LogP contribution is 2.19. The summed E-state index contributed by atoms with van der Waals surface area (Å²) in [6.07, 6.45) is 0. The van der Waals surface area contributed by atoms with Crippen molar-refractivity contribution in [3.05, 3.63) is 56.2 Å². The van der Waals surface area contributed by atoms with Gasteiger partial charge in [0.1, 0.15) is 0 Å². The van der Waals surface area contributed by atoms with Gasteiger partial charge < -0.3 is 10.6 Å². The van der Waals surface area contributed by atoms with E-state index < -0.39 is 0 Å². The molecular formula is C15H19BrIN3S. The minimum atomic E-state index is 0. The molecule has 0 radical (unpaired) electrons. The van der Waals surface area contributed by atoms with E-state index in [1.807, 2.05) is 0 Å². The largest absolute Gasteiger partial charge is 0.352 e. The smallest absolute Gasteiger partial charge is 0.191 e. The predicted molar refractivity (Wildman–Crippen MR) is 106 cm³/mol. The molecule has 0 unspecified atom stereocenters. The Morgan fingerprint density at radius 3 is 2.43 bits per heavy atom. The molecule has 0 spiro atoms. The maximum atomic E-state index is 4.23. The maximum Gasteiger partial charge on any atom is 0.191 e. The van der Waals surface area contributed by atoms with Crippen LogP contribution in [0.5, 0.6) is 0 Å². The molecule has 0 saturated heterocycles. The van der Waals surface area contributed by atoms with Crippen molar-refractivity contribution in [1.82, 2.24) is 10.6 Å². The zero-order valence-corrected chi connectivity index (χ0v) is 16.8. The van der Waals surface area contributed by atoms with Crippen molar-refractivity contribution < 1.29 is 0 Å². The maximum absolute atomic E-state index is 4.23. The highest BCUT2D eigenvalue weighted by Gasteiger charge is 2.01. The van der Waals surface area contributed by atoms with Crippen LogP contribution in [0.3, 0.4) is 0 Å². The molecule has 1 aromatic carbocycles. The van der Waals surface area contributed by atoms with Crippen molar-refractivity contribution in [2.45, 2.75) is 20.0 Å². The van der Waals surface area contributed by atoms with Gasteiger partial charge in [-0.05, 0) is 34.5 Å². The lowest BCUT2D eigenvalue weighted by atomic mass is 10.1. The minimum absolute atomic E-state index is 0. The number of hydrogen-bond acceptors (Lipinski definition) is 2. The molecule has 0 aliphatic rings. The lowest BCUT2D eigenvalue weighted by molar-refractivity contribution is 0.815. The van der Waals surface area contributed by atoms with Crippen LogP contribution in [0, 0.1) is 6.92 Å². The van der Waals surface area contributed by atoms with Crippen molar-refractivity contribution in [2.75, 3.05) is 7.05 Å². The summed E-state index contributed by atoms with van der Waals surface area (Å²) in [6, 6.07) is 10.6. The molecular weight excluding hydrogens is 461 g/mol. The van der Waals surface area contributed by atoms with Gasteiger partial charge in [0.05, 0.1) is 6.54 Å². The summed E-state index contributed by atoms with van der Waals surface area (Å²) >= 11 is 5.19. The molecule has 3 nitrogen and oxygen atoms in total. The molecule has 2 aromatic rings. The van der Waals surface area contributed by atoms with Crippen LogP contribution >= 0.6 is 51.2 Å². The zero-order valence-electron chi connectivity index (χ0n) is 12.0. The van der Waals surface area contributed by atoms with Crippen LogP contribution in [0.1, 0.15) is 16.0 Å². The first kappa shape index (κ1) is 18.4. The third kappa shape index (κ3) is 6.36. The van der Waals surface area contributed by atoms with Gasteiger partial charge in [-0.3, -0.25) is 4.99 Å². The second kappa shape index (κ2) is 9.42. The van der Waals surface area contributed by atoms with E-state index >= 15 is 0 Å². The minimum Gasteiger partial charge on any atom is -0.352 e. The van der Waals surface area contributed by atoms with E-state index in [1.165, 1.54) is 16.0 Å². The second-order valence-electron chi connectivity index (χ2n) is 4.50. The van der Waals surface area contributed by atoms with Crippen LogP contribution in [0.15, 0.2) is 45.2 Å². The summed E-state index contributed by atoms with van der Waals surface area (Å²) in [5.74, 6) is 0.815. The van der Waals surface area contributed by atoms with Crippen molar-refractivity contribution in [2.24, 2.45) is 4.99 Å². The third-order valence-electron chi connectivity index (χ3n) is 2.86. The average molecular weight is 480 g/mol. The Hall–Kier alpha value is -0.600. The highest BCUT2D eigenvalue weighted by molar-refractivity contribution is 14.0. The first-order chi connectivity index (χ1) is 9.67. The topological polar surface area (TPSA) is 36.4 Å². The van der Waals surface area contributed by atoms with Crippen LogP contribution in [0.25, 0.3) is 0 Å².